The molecule has 0 rings (SSSR count). The molecule has 0 saturated carbocycles. The van der Waals surface area contributed by atoms with Crippen molar-refractivity contribution in [3.8, 4) is 0 Å². The maximum Gasteiger partial charge on any atom is 0.472 e. The molecule has 0 aromatic rings. The number of carbonyl (C=O) groups is 4. The second-order valence-corrected chi connectivity index (χ2v) is 33.4. The van der Waals surface area contributed by atoms with Crippen LogP contribution >= 0.6 is 15.6 Å². The Bertz CT molecular complexity index is 1960. The average molecular weight is 1510 g/mol. The molecule has 6 atom stereocenters. The Morgan fingerprint density at radius 1 is 0.272 bits per heavy atom. The predicted molar refractivity (Wildman–Crippen MR) is 423 cm³/mol. The Morgan fingerprint density at radius 3 is 0.689 bits per heavy atom. The summed E-state index contributed by atoms with van der Waals surface area (Å²) in [4.78, 5) is 73.2. The SMILES string of the molecule is CCCCCCCCCCCCCCCCCCCCC(=O)OC[C@H](COP(=O)(O)OC[C@@H](O)COP(=O)(O)OC[C@@H](COC(=O)CCCCCCCCC(C)CC)OC(=O)CCCCCCCCCCCCCCCCCCC)OC(=O)CCCCCCCCCCCCCCCCCCCC. The molecule has 0 saturated heterocycles. The molecule has 3 unspecified atom stereocenters. The van der Waals surface area contributed by atoms with Crippen molar-refractivity contribution in [1.82, 2.24) is 0 Å². The van der Waals surface area contributed by atoms with E-state index in [4.69, 9.17) is 37.0 Å². The van der Waals surface area contributed by atoms with Gasteiger partial charge in [0.05, 0.1) is 26.4 Å². The van der Waals surface area contributed by atoms with Gasteiger partial charge in [-0.25, -0.2) is 9.13 Å². The van der Waals surface area contributed by atoms with Gasteiger partial charge in [0.1, 0.15) is 19.3 Å². The first-order valence-corrected chi connectivity index (χ1v) is 46.7. The van der Waals surface area contributed by atoms with Gasteiger partial charge in [-0.05, 0) is 31.6 Å². The van der Waals surface area contributed by atoms with Gasteiger partial charge in [0, 0.05) is 25.7 Å². The smallest absolute Gasteiger partial charge is 0.462 e. The van der Waals surface area contributed by atoms with Crippen LogP contribution < -0.4 is 0 Å². The first-order valence-electron chi connectivity index (χ1n) is 43.7. The van der Waals surface area contributed by atoms with E-state index in [1.54, 1.807) is 0 Å². The molecule has 17 nitrogen and oxygen atoms in total. The summed E-state index contributed by atoms with van der Waals surface area (Å²) < 4.78 is 68.8. The minimum atomic E-state index is -4.96. The van der Waals surface area contributed by atoms with Crippen LogP contribution in [0.5, 0.6) is 0 Å². The highest BCUT2D eigenvalue weighted by Crippen LogP contribution is 2.45. The van der Waals surface area contributed by atoms with Gasteiger partial charge in [-0.3, -0.25) is 37.3 Å². The third-order valence-corrected chi connectivity index (χ3v) is 22.0. The average Bonchev–Trinajstić information content (AvgIpc) is 1.40. The van der Waals surface area contributed by atoms with Gasteiger partial charge in [-0.2, -0.15) is 0 Å². The minimum Gasteiger partial charge on any atom is -0.462 e. The lowest BCUT2D eigenvalue weighted by Crippen LogP contribution is -2.30. The van der Waals surface area contributed by atoms with Crippen molar-refractivity contribution in [1.29, 1.82) is 0 Å². The molecule has 0 fully saturated rings. The van der Waals surface area contributed by atoms with Gasteiger partial charge in [-0.1, -0.05) is 401 Å². The number of ether oxygens (including phenoxy) is 4. The maximum atomic E-state index is 13.1. The number of unbranched alkanes of at least 4 members (excludes halogenated alkanes) is 55. The topological polar surface area (TPSA) is 237 Å². The summed E-state index contributed by atoms with van der Waals surface area (Å²) in [5, 5.41) is 10.7. The lowest BCUT2D eigenvalue weighted by Gasteiger charge is -2.21. The fraction of sp³-hybridized carbons (Fsp3) is 0.952. The van der Waals surface area contributed by atoms with E-state index < -0.39 is 97.5 Å². The van der Waals surface area contributed by atoms with E-state index in [0.717, 1.165) is 102 Å². The number of phosphoric ester groups is 2. The summed E-state index contributed by atoms with van der Waals surface area (Å²) in [5.41, 5.74) is 0. The molecule has 0 heterocycles. The molecule has 3 N–H and O–H groups in total. The molecular formula is C84H164O17P2. The molecule has 103 heavy (non-hydrogen) atoms. The number of phosphoric acid groups is 2. The van der Waals surface area contributed by atoms with E-state index >= 15 is 0 Å². The minimum absolute atomic E-state index is 0.108. The number of carbonyl (C=O) groups excluding carboxylic acids is 4. The number of rotatable bonds is 84. The van der Waals surface area contributed by atoms with Gasteiger partial charge in [-0.15, -0.1) is 0 Å². The van der Waals surface area contributed by atoms with Gasteiger partial charge in [0.25, 0.3) is 0 Å². The molecular weight excluding hydrogens is 1340 g/mol. The quantitative estimate of drug-likeness (QED) is 0.0222. The van der Waals surface area contributed by atoms with Crippen LogP contribution in [0.1, 0.15) is 452 Å². The molecule has 0 amide bonds. The van der Waals surface area contributed by atoms with E-state index in [-0.39, 0.29) is 25.7 Å². The third kappa shape index (κ3) is 76.6. The van der Waals surface area contributed by atoms with Crippen LogP contribution in [0.3, 0.4) is 0 Å². The Labute approximate surface area is 632 Å². The largest absolute Gasteiger partial charge is 0.472 e. The van der Waals surface area contributed by atoms with Crippen LogP contribution in [0.15, 0.2) is 0 Å². The van der Waals surface area contributed by atoms with Crippen molar-refractivity contribution in [2.75, 3.05) is 39.6 Å². The molecule has 0 aliphatic carbocycles. The standard InChI is InChI=1S/C84H164O17P2/c1-6-10-13-16-19-22-25-28-31-34-37-39-42-45-48-51-57-62-67-81(86)94-73-79(100-83(88)69-64-60-53-50-47-44-41-38-35-32-29-26-23-20-17-14-11-7-2)75-98-102(90,91)96-71-78(85)72-97-103(92,93)99-76-80(74-95-82(87)68-63-58-55-54-56-61-66-77(5)9-4)101-84(89)70-65-59-52-49-46-43-40-36-33-30-27-24-21-18-15-12-8-3/h77-80,85H,6-76H2,1-5H3,(H,90,91)(H,92,93)/t77?,78-,79-,80-/m1/s1. The lowest BCUT2D eigenvalue weighted by atomic mass is 10.00. The predicted octanol–water partition coefficient (Wildman–Crippen LogP) is 25.6. The highest BCUT2D eigenvalue weighted by atomic mass is 31.2. The molecule has 0 aliphatic heterocycles. The molecule has 0 aromatic carbocycles. The summed E-state index contributed by atoms with van der Waals surface area (Å²) in [6.07, 6.45) is 69.4. The first kappa shape index (κ1) is 101. The van der Waals surface area contributed by atoms with Gasteiger partial charge in [0.2, 0.25) is 0 Å². The summed E-state index contributed by atoms with van der Waals surface area (Å²) in [6, 6.07) is 0. The maximum absolute atomic E-state index is 13.1. The monoisotopic (exact) mass is 1510 g/mol. The third-order valence-electron chi connectivity index (χ3n) is 20.1. The number of aliphatic hydroxyl groups excluding tert-OH is 1. The summed E-state index contributed by atoms with van der Waals surface area (Å²) >= 11 is 0. The number of hydrogen-bond acceptors (Lipinski definition) is 15. The number of esters is 4. The van der Waals surface area contributed by atoms with Crippen molar-refractivity contribution in [3.05, 3.63) is 0 Å². The second-order valence-electron chi connectivity index (χ2n) is 30.5. The Hall–Kier alpha value is -1.94. The van der Waals surface area contributed by atoms with E-state index in [1.807, 2.05) is 0 Å². The normalized spacial score (nSPS) is 14.1. The first-order chi connectivity index (χ1) is 50.1. The summed E-state index contributed by atoms with van der Waals surface area (Å²) in [6.45, 7) is 7.32. The van der Waals surface area contributed by atoms with Crippen LogP contribution in [0, 0.1) is 5.92 Å². The van der Waals surface area contributed by atoms with Crippen molar-refractivity contribution < 1.29 is 80.2 Å². The number of aliphatic hydroxyl groups is 1. The number of hydrogen-bond donors (Lipinski definition) is 3. The van der Waals surface area contributed by atoms with Crippen molar-refractivity contribution in [2.24, 2.45) is 5.92 Å². The van der Waals surface area contributed by atoms with Crippen molar-refractivity contribution in [3.63, 3.8) is 0 Å². The fourth-order valence-electron chi connectivity index (χ4n) is 13.1. The van der Waals surface area contributed by atoms with Crippen LogP contribution in [-0.2, 0) is 65.4 Å². The Balaban J connectivity index is 5.23. The lowest BCUT2D eigenvalue weighted by molar-refractivity contribution is -0.161. The summed E-state index contributed by atoms with van der Waals surface area (Å²) in [7, 11) is -9.92. The van der Waals surface area contributed by atoms with E-state index in [1.165, 1.54) is 270 Å². The zero-order chi connectivity index (χ0) is 75.5. The Morgan fingerprint density at radius 2 is 0.466 bits per heavy atom. The van der Waals surface area contributed by atoms with E-state index in [9.17, 15) is 43.2 Å². The van der Waals surface area contributed by atoms with Crippen molar-refractivity contribution in [2.45, 2.75) is 470 Å². The molecule has 0 radical (unpaired) electrons. The molecule has 19 heteroatoms. The summed E-state index contributed by atoms with van der Waals surface area (Å²) in [5.74, 6) is -1.37. The van der Waals surface area contributed by atoms with Gasteiger partial charge in [0.15, 0.2) is 12.2 Å². The molecule has 612 valence electrons. The molecule has 0 aliphatic rings. The van der Waals surface area contributed by atoms with E-state index in [2.05, 4.69) is 34.6 Å². The van der Waals surface area contributed by atoms with Crippen LogP contribution in [0.25, 0.3) is 0 Å². The Kier molecular flexibility index (Phi) is 75.4. The highest BCUT2D eigenvalue weighted by molar-refractivity contribution is 7.47. The highest BCUT2D eigenvalue weighted by Gasteiger charge is 2.30. The van der Waals surface area contributed by atoms with Gasteiger partial charge < -0.3 is 33.8 Å². The van der Waals surface area contributed by atoms with Crippen LogP contribution in [-0.4, -0.2) is 96.7 Å². The zero-order valence-electron chi connectivity index (χ0n) is 67.5. The fourth-order valence-corrected chi connectivity index (χ4v) is 14.7. The van der Waals surface area contributed by atoms with Crippen molar-refractivity contribution >= 4 is 39.5 Å². The van der Waals surface area contributed by atoms with Gasteiger partial charge >= 0.3 is 39.5 Å². The second kappa shape index (κ2) is 76.8. The molecule has 0 spiro atoms. The van der Waals surface area contributed by atoms with Crippen LogP contribution in [0.2, 0.25) is 0 Å². The van der Waals surface area contributed by atoms with E-state index in [0.29, 0.717) is 25.7 Å². The molecule has 0 aromatic heterocycles. The zero-order valence-corrected chi connectivity index (χ0v) is 69.3. The van der Waals surface area contributed by atoms with Crippen LogP contribution in [0.4, 0.5) is 0 Å². The molecule has 0 bridgehead atoms.